The van der Waals surface area contributed by atoms with Crippen LogP contribution in [-0.4, -0.2) is 32.1 Å². The van der Waals surface area contributed by atoms with E-state index in [0.29, 0.717) is 6.54 Å². The minimum Gasteiger partial charge on any atom is -0.497 e. The number of methoxy groups -OCH3 is 1. The zero-order valence-electron chi connectivity index (χ0n) is 13.7. The number of rotatable bonds is 4. The van der Waals surface area contributed by atoms with Crippen LogP contribution < -0.4 is 15.0 Å². The van der Waals surface area contributed by atoms with Crippen molar-refractivity contribution in [2.75, 3.05) is 25.1 Å². The SMILES string of the molecule is COc1cccc(N2CCCC(NC(=O)c3ccccc3F)C2)c1. The topological polar surface area (TPSA) is 41.6 Å². The van der Waals surface area contributed by atoms with Crippen molar-refractivity contribution in [1.29, 1.82) is 0 Å². The molecule has 126 valence electrons. The summed E-state index contributed by atoms with van der Waals surface area (Å²) in [6, 6.07) is 13.9. The highest BCUT2D eigenvalue weighted by atomic mass is 19.1. The van der Waals surface area contributed by atoms with Gasteiger partial charge in [-0.05, 0) is 37.1 Å². The van der Waals surface area contributed by atoms with E-state index in [2.05, 4.69) is 10.2 Å². The Labute approximate surface area is 141 Å². The van der Waals surface area contributed by atoms with E-state index in [9.17, 15) is 9.18 Å². The van der Waals surface area contributed by atoms with Gasteiger partial charge >= 0.3 is 0 Å². The number of nitrogens with zero attached hydrogens (tertiary/aromatic N) is 1. The summed E-state index contributed by atoms with van der Waals surface area (Å²) < 4.78 is 19.0. The maximum absolute atomic E-state index is 13.7. The van der Waals surface area contributed by atoms with Crippen LogP contribution in [0.15, 0.2) is 48.5 Å². The number of piperidine rings is 1. The Morgan fingerprint density at radius 2 is 2.08 bits per heavy atom. The number of anilines is 1. The van der Waals surface area contributed by atoms with E-state index >= 15 is 0 Å². The molecule has 1 amide bonds. The van der Waals surface area contributed by atoms with Gasteiger partial charge in [0.05, 0.1) is 12.7 Å². The summed E-state index contributed by atoms with van der Waals surface area (Å²) in [7, 11) is 1.65. The Morgan fingerprint density at radius 1 is 1.25 bits per heavy atom. The van der Waals surface area contributed by atoms with Gasteiger partial charge in [0.1, 0.15) is 11.6 Å². The van der Waals surface area contributed by atoms with E-state index in [-0.39, 0.29) is 17.5 Å². The van der Waals surface area contributed by atoms with Crippen molar-refractivity contribution in [3.05, 3.63) is 59.9 Å². The highest BCUT2D eigenvalue weighted by Gasteiger charge is 2.23. The average Bonchev–Trinajstić information content (AvgIpc) is 2.62. The van der Waals surface area contributed by atoms with Crippen LogP contribution in [0.4, 0.5) is 10.1 Å². The molecule has 0 aliphatic carbocycles. The van der Waals surface area contributed by atoms with Crippen molar-refractivity contribution >= 4 is 11.6 Å². The van der Waals surface area contributed by atoms with Crippen molar-refractivity contribution in [1.82, 2.24) is 5.32 Å². The van der Waals surface area contributed by atoms with Crippen molar-refractivity contribution < 1.29 is 13.9 Å². The first-order chi connectivity index (χ1) is 11.7. The number of nitrogens with one attached hydrogen (secondary N) is 1. The molecule has 1 fully saturated rings. The Bertz CT molecular complexity index is 720. The van der Waals surface area contributed by atoms with Crippen molar-refractivity contribution in [3.63, 3.8) is 0 Å². The predicted octanol–water partition coefficient (Wildman–Crippen LogP) is 3.23. The first kappa shape index (κ1) is 16.3. The van der Waals surface area contributed by atoms with E-state index in [4.69, 9.17) is 4.74 Å². The van der Waals surface area contributed by atoms with Gasteiger partial charge < -0.3 is 15.0 Å². The first-order valence-electron chi connectivity index (χ1n) is 8.12. The highest BCUT2D eigenvalue weighted by molar-refractivity contribution is 5.94. The summed E-state index contributed by atoms with van der Waals surface area (Å²) >= 11 is 0. The summed E-state index contributed by atoms with van der Waals surface area (Å²) in [4.78, 5) is 14.5. The number of halogens is 1. The van der Waals surface area contributed by atoms with Gasteiger partial charge in [-0.3, -0.25) is 4.79 Å². The molecule has 2 aromatic carbocycles. The smallest absolute Gasteiger partial charge is 0.254 e. The fourth-order valence-corrected chi connectivity index (χ4v) is 3.05. The molecular weight excluding hydrogens is 307 g/mol. The number of hydrogen-bond donors (Lipinski definition) is 1. The molecule has 0 bridgehead atoms. The van der Waals surface area contributed by atoms with Gasteiger partial charge in [-0.1, -0.05) is 18.2 Å². The molecule has 1 heterocycles. The molecule has 5 heteroatoms. The zero-order chi connectivity index (χ0) is 16.9. The van der Waals surface area contributed by atoms with Crippen LogP contribution >= 0.6 is 0 Å². The summed E-state index contributed by atoms with van der Waals surface area (Å²) in [5, 5.41) is 2.95. The largest absolute Gasteiger partial charge is 0.497 e. The number of ether oxygens (including phenoxy) is 1. The quantitative estimate of drug-likeness (QED) is 0.937. The Balaban J connectivity index is 1.67. The second-order valence-corrected chi connectivity index (χ2v) is 5.94. The molecule has 0 saturated carbocycles. The van der Waals surface area contributed by atoms with E-state index in [1.165, 1.54) is 12.1 Å². The molecule has 0 spiro atoms. The standard InChI is InChI=1S/C19H21FN2O2/c1-24-16-8-4-7-15(12-16)22-11-5-6-14(13-22)21-19(23)17-9-2-3-10-18(17)20/h2-4,7-10,12,14H,5-6,11,13H2,1H3,(H,21,23). The molecular formula is C19H21FN2O2. The third-order valence-electron chi connectivity index (χ3n) is 4.29. The van der Waals surface area contributed by atoms with Crippen molar-refractivity contribution in [3.8, 4) is 5.75 Å². The monoisotopic (exact) mass is 328 g/mol. The number of benzene rings is 2. The average molecular weight is 328 g/mol. The van der Waals surface area contributed by atoms with E-state index < -0.39 is 5.82 Å². The van der Waals surface area contributed by atoms with Crippen LogP contribution in [0.2, 0.25) is 0 Å². The first-order valence-corrected chi connectivity index (χ1v) is 8.12. The van der Waals surface area contributed by atoms with Gasteiger partial charge in [0.15, 0.2) is 0 Å². The normalized spacial score (nSPS) is 17.4. The summed E-state index contributed by atoms with van der Waals surface area (Å²) in [5.74, 6) is -0.0360. The molecule has 1 unspecified atom stereocenters. The molecule has 3 rings (SSSR count). The maximum Gasteiger partial charge on any atom is 0.254 e. The fraction of sp³-hybridized carbons (Fsp3) is 0.316. The van der Waals surface area contributed by atoms with Crippen LogP contribution in [0.25, 0.3) is 0 Å². The molecule has 24 heavy (non-hydrogen) atoms. The van der Waals surface area contributed by atoms with E-state index in [1.54, 1.807) is 19.2 Å². The van der Waals surface area contributed by atoms with Gasteiger partial charge in [0, 0.05) is 30.9 Å². The summed E-state index contributed by atoms with van der Waals surface area (Å²) in [5.41, 5.74) is 1.16. The number of carbonyl (C=O) groups excluding carboxylic acids is 1. The van der Waals surface area contributed by atoms with Gasteiger partial charge in [-0.15, -0.1) is 0 Å². The molecule has 1 saturated heterocycles. The molecule has 1 atom stereocenters. The predicted molar refractivity (Wildman–Crippen MR) is 92.1 cm³/mol. The third-order valence-corrected chi connectivity index (χ3v) is 4.29. The third kappa shape index (κ3) is 3.67. The molecule has 0 radical (unpaired) electrons. The van der Waals surface area contributed by atoms with Gasteiger partial charge in [0.2, 0.25) is 0 Å². The molecule has 4 nitrogen and oxygen atoms in total. The zero-order valence-corrected chi connectivity index (χ0v) is 13.7. The van der Waals surface area contributed by atoms with E-state index in [1.807, 2.05) is 24.3 Å². The van der Waals surface area contributed by atoms with Crippen molar-refractivity contribution in [2.45, 2.75) is 18.9 Å². The lowest BCUT2D eigenvalue weighted by Gasteiger charge is -2.35. The van der Waals surface area contributed by atoms with Gasteiger partial charge in [0.25, 0.3) is 5.91 Å². The summed E-state index contributed by atoms with van der Waals surface area (Å²) in [6.45, 7) is 1.63. The van der Waals surface area contributed by atoms with E-state index in [0.717, 1.165) is 30.8 Å². The molecule has 1 aliphatic rings. The second-order valence-electron chi connectivity index (χ2n) is 5.94. The van der Waals surface area contributed by atoms with Crippen LogP contribution in [-0.2, 0) is 0 Å². The van der Waals surface area contributed by atoms with Gasteiger partial charge in [-0.25, -0.2) is 4.39 Å². The second kappa shape index (κ2) is 7.34. The van der Waals surface area contributed by atoms with Crippen LogP contribution in [0, 0.1) is 5.82 Å². The van der Waals surface area contributed by atoms with Crippen LogP contribution in [0.1, 0.15) is 23.2 Å². The summed E-state index contributed by atoms with van der Waals surface area (Å²) in [6.07, 6.45) is 1.86. The molecule has 2 aromatic rings. The fourth-order valence-electron chi connectivity index (χ4n) is 3.05. The molecule has 0 aromatic heterocycles. The van der Waals surface area contributed by atoms with Crippen LogP contribution in [0.3, 0.4) is 0 Å². The minimum absolute atomic E-state index is 0.00272. The Kier molecular flexibility index (Phi) is 4.99. The highest BCUT2D eigenvalue weighted by Crippen LogP contribution is 2.24. The number of hydrogen-bond acceptors (Lipinski definition) is 3. The lowest BCUT2D eigenvalue weighted by molar-refractivity contribution is 0.0929. The Morgan fingerprint density at radius 3 is 2.88 bits per heavy atom. The number of amides is 1. The lowest BCUT2D eigenvalue weighted by Crippen LogP contribution is -2.48. The van der Waals surface area contributed by atoms with Crippen LogP contribution in [0.5, 0.6) is 5.75 Å². The Hall–Kier alpha value is -2.56. The van der Waals surface area contributed by atoms with Gasteiger partial charge in [-0.2, -0.15) is 0 Å². The molecule has 1 N–H and O–H groups in total. The van der Waals surface area contributed by atoms with Crippen molar-refractivity contribution in [2.24, 2.45) is 0 Å². The maximum atomic E-state index is 13.7. The molecule has 1 aliphatic heterocycles. The minimum atomic E-state index is -0.490. The number of carbonyl (C=O) groups is 1. The lowest BCUT2D eigenvalue weighted by atomic mass is 10.0.